The molecule has 5 N–H and O–H groups in total. The van der Waals surface area contributed by atoms with Crippen LogP contribution < -0.4 is 16.0 Å². The number of β-lactam (4-membered cyclic amide) rings is 1. The number of aromatic nitrogens is 1. The molecule has 16 heteroatoms. The number of phenolic OH excluding ortho intramolecular Hbond substituents is 1. The molecule has 0 aliphatic carbocycles. The highest BCUT2D eigenvalue weighted by Gasteiger charge is 2.54. The molecule has 13 nitrogen and oxygen atoms in total. The summed E-state index contributed by atoms with van der Waals surface area (Å²) in [5.41, 5.74) is 7.10. The maximum absolute atomic E-state index is 14.2. The Morgan fingerprint density at radius 1 is 0.966 bits per heavy atom. The number of hydrogen-bond donors (Lipinski definition) is 4. The zero-order valence-electron chi connectivity index (χ0n) is 30.3. The number of nitrogen functional groups attached to an aromatic ring is 1. The van der Waals surface area contributed by atoms with Gasteiger partial charge in [0.25, 0.3) is 17.7 Å². The average Bonchev–Trinajstić information content (AvgIpc) is 3.84. The number of amides is 3. The molecule has 1 aromatic heterocycles. The summed E-state index contributed by atoms with van der Waals surface area (Å²) >= 11 is 2.31. The number of phenols is 1. The second-order valence-electron chi connectivity index (χ2n) is 13.4. The number of carboxylic acids is 1. The van der Waals surface area contributed by atoms with Crippen LogP contribution in [0.5, 0.6) is 5.75 Å². The van der Waals surface area contributed by atoms with E-state index in [-0.39, 0.29) is 57.8 Å². The smallest absolute Gasteiger partial charge is 0.352 e. The summed E-state index contributed by atoms with van der Waals surface area (Å²) in [5.74, 6) is -4.65. The van der Waals surface area contributed by atoms with Crippen molar-refractivity contribution in [2.45, 2.75) is 23.4 Å². The number of carbonyl (C=O) groups excluding carboxylic acids is 3. The maximum Gasteiger partial charge on any atom is 0.352 e. The molecule has 4 heterocycles. The molecule has 58 heavy (non-hydrogen) atoms. The second kappa shape index (κ2) is 15.6. The van der Waals surface area contributed by atoms with Crippen LogP contribution in [-0.2, 0) is 29.6 Å². The lowest BCUT2D eigenvalue weighted by molar-refractivity contribution is -0.150. The number of aromatic hydroxyl groups is 1. The first-order valence-electron chi connectivity index (χ1n) is 17.9. The molecule has 2 atom stereocenters. The SMILES string of the molecule is Nc1nc(/C(=N/OC(c2ccccc2)(c2ccccc2)c2ccccc2)C(=O)N[C@@H]2C(=O)N3C(C(=O)O)=C(/C=C4\CCN(c5ccc(O)c(F)c5)C4=O)CS[C@H]23)cs1. The van der Waals surface area contributed by atoms with E-state index in [0.717, 1.165) is 45.1 Å². The number of anilines is 2. The van der Waals surface area contributed by atoms with E-state index in [1.165, 1.54) is 28.8 Å². The van der Waals surface area contributed by atoms with Gasteiger partial charge in [-0.2, -0.15) is 0 Å². The average molecular weight is 817 g/mol. The standard InChI is InChI=1S/C42H33FN6O7S2/c43-30-21-29(16-17-32(30)50)48-19-18-24(37(48)52)20-25-22-57-39-34(38(53)49(39)35(25)40(54)55)46-36(51)33(31-23-58-41(44)45-31)47-56-42(26-10-4-1-5-11-26,27-12-6-2-7-13-27)28-14-8-3-9-15-28/h1-17,20-21,23,34,39,50H,18-19,22H2,(H2,44,45)(H,46,51)(H,54,55)/b24-20+,47-33-/t34-,39-/m1/s1. The quantitative estimate of drug-likeness (QED) is 0.0443. The summed E-state index contributed by atoms with van der Waals surface area (Å²) < 4.78 is 14.1. The van der Waals surface area contributed by atoms with Gasteiger partial charge in [-0.25, -0.2) is 14.2 Å². The van der Waals surface area contributed by atoms with Gasteiger partial charge in [0.2, 0.25) is 5.60 Å². The van der Waals surface area contributed by atoms with Gasteiger partial charge in [-0.05, 0) is 30.2 Å². The van der Waals surface area contributed by atoms with Gasteiger partial charge >= 0.3 is 5.97 Å². The minimum Gasteiger partial charge on any atom is -0.505 e. The Labute approximate surface area is 338 Å². The third-order valence-corrected chi connectivity index (χ3v) is 12.0. The van der Waals surface area contributed by atoms with Crippen LogP contribution in [0.25, 0.3) is 0 Å². The number of carboxylic acid groups (broad SMARTS) is 1. The summed E-state index contributed by atoms with van der Waals surface area (Å²) in [6.45, 7) is 0.207. The molecule has 3 aliphatic rings. The van der Waals surface area contributed by atoms with E-state index in [1.807, 2.05) is 91.0 Å². The number of halogens is 1. The van der Waals surface area contributed by atoms with Crippen LogP contribution in [-0.4, -0.2) is 73.2 Å². The number of nitrogens with two attached hydrogens (primary N) is 1. The van der Waals surface area contributed by atoms with Crippen molar-refractivity contribution in [1.29, 1.82) is 0 Å². The molecule has 5 aromatic rings. The van der Waals surface area contributed by atoms with E-state index < -0.39 is 52.3 Å². The fraction of sp³-hybridized carbons (Fsp3) is 0.143. The summed E-state index contributed by atoms with van der Waals surface area (Å²) in [7, 11) is 0. The fourth-order valence-electron chi connectivity index (χ4n) is 7.22. The number of aliphatic carboxylic acids is 1. The molecule has 2 saturated heterocycles. The van der Waals surface area contributed by atoms with Gasteiger partial charge in [-0.15, -0.1) is 23.1 Å². The Kier molecular flexibility index (Phi) is 10.3. The molecule has 2 fully saturated rings. The number of thiazole rings is 1. The zero-order valence-corrected chi connectivity index (χ0v) is 32.0. The number of benzene rings is 4. The van der Waals surface area contributed by atoms with Crippen LogP contribution in [0.2, 0.25) is 0 Å². The van der Waals surface area contributed by atoms with Crippen molar-refractivity contribution in [3.63, 3.8) is 0 Å². The normalized spacial score (nSPS) is 18.9. The highest BCUT2D eigenvalue weighted by Crippen LogP contribution is 2.43. The maximum atomic E-state index is 14.2. The molecule has 0 bridgehead atoms. The first-order chi connectivity index (χ1) is 28.1. The van der Waals surface area contributed by atoms with E-state index >= 15 is 0 Å². The van der Waals surface area contributed by atoms with Gasteiger partial charge in [0.05, 0.1) is 0 Å². The number of allylic oxidation sites excluding steroid dienone is 1. The summed E-state index contributed by atoms with van der Waals surface area (Å²) in [5, 5.41) is 28.0. The van der Waals surface area contributed by atoms with E-state index in [1.54, 1.807) is 5.38 Å². The fourth-order valence-corrected chi connectivity index (χ4v) is 9.08. The van der Waals surface area contributed by atoms with Crippen molar-refractivity contribution >= 4 is 63.3 Å². The molecule has 0 saturated carbocycles. The van der Waals surface area contributed by atoms with Crippen LogP contribution in [0, 0.1) is 5.82 Å². The summed E-state index contributed by atoms with van der Waals surface area (Å²) in [6, 6.07) is 30.7. The number of fused-ring (bicyclic) bond motifs is 1. The zero-order chi connectivity index (χ0) is 40.6. The Morgan fingerprint density at radius 3 is 2.14 bits per heavy atom. The Balaban J connectivity index is 1.09. The van der Waals surface area contributed by atoms with Crippen molar-refractivity contribution in [3.8, 4) is 5.75 Å². The van der Waals surface area contributed by atoms with Crippen LogP contribution in [0.15, 0.2) is 143 Å². The van der Waals surface area contributed by atoms with Crippen LogP contribution in [0.4, 0.5) is 15.2 Å². The molecule has 0 radical (unpaired) electrons. The molecule has 292 valence electrons. The number of thioether (sulfide) groups is 1. The Bertz CT molecular complexity index is 2430. The lowest BCUT2D eigenvalue weighted by atomic mass is 9.80. The summed E-state index contributed by atoms with van der Waals surface area (Å²) in [4.78, 5) is 67.3. The van der Waals surface area contributed by atoms with Crippen LogP contribution >= 0.6 is 23.1 Å². The third-order valence-electron chi connectivity index (χ3n) is 10.00. The predicted octanol–water partition coefficient (Wildman–Crippen LogP) is 5.38. The number of carbonyl (C=O) groups is 4. The highest BCUT2D eigenvalue weighted by atomic mass is 32.2. The number of oxime groups is 1. The topological polar surface area (TPSA) is 188 Å². The first-order valence-corrected chi connectivity index (χ1v) is 19.9. The second-order valence-corrected chi connectivity index (χ2v) is 15.4. The molecule has 8 rings (SSSR count). The molecule has 3 amide bonds. The van der Waals surface area contributed by atoms with Crippen molar-refractivity contribution in [3.05, 3.63) is 166 Å². The summed E-state index contributed by atoms with van der Waals surface area (Å²) in [6.07, 6.45) is 1.70. The molecular formula is C42H33FN6O7S2. The Morgan fingerprint density at radius 2 is 1.59 bits per heavy atom. The lowest BCUT2D eigenvalue weighted by Crippen LogP contribution is -2.71. The van der Waals surface area contributed by atoms with Crippen LogP contribution in [0.3, 0.4) is 0 Å². The number of rotatable bonds is 11. The number of nitrogens with one attached hydrogen (secondary N) is 1. The largest absolute Gasteiger partial charge is 0.505 e. The first kappa shape index (κ1) is 38.1. The number of hydrogen-bond acceptors (Lipinski definition) is 11. The Hall–Kier alpha value is -6.78. The van der Waals surface area contributed by atoms with Crippen LogP contribution in [0.1, 0.15) is 28.8 Å². The highest BCUT2D eigenvalue weighted by molar-refractivity contribution is 8.00. The third kappa shape index (κ3) is 6.85. The van der Waals surface area contributed by atoms with E-state index in [0.29, 0.717) is 0 Å². The van der Waals surface area contributed by atoms with Crippen molar-refractivity contribution in [2.24, 2.45) is 5.16 Å². The van der Waals surface area contributed by atoms with Gasteiger partial charge in [0.1, 0.15) is 22.8 Å². The van der Waals surface area contributed by atoms with Gasteiger partial charge in [0, 0.05) is 51.7 Å². The van der Waals surface area contributed by atoms with Crippen molar-refractivity contribution < 1.29 is 38.6 Å². The monoisotopic (exact) mass is 816 g/mol. The van der Waals surface area contributed by atoms with Gasteiger partial charge in [0.15, 0.2) is 22.4 Å². The number of nitrogens with zero attached hydrogens (tertiary/aromatic N) is 4. The van der Waals surface area contributed by atoms with Crippen molar-refractivity contribution in [1.82, 2.24) is 15.2 Å². The molecular weight excluding hydrogens is 784 g/mol. The van der Waals surface area contributed by atoms with E-state index in [4.69, 9.17) is 10.6 Å². The van der Waals surface area contributed by atoms with Gasteiger partial charge in [-0.1, -0.05) is 96.2 Å². The van der Waals surface area contributed by atoms with E-state index in [2.05, 4.69) is 15.5 Å². The lowest BCUT2D eigenvalue weighted by Gasteiger charge is -2.49. The van der Waals surface area contributed by atoms with Gasteiger partial charge in [-0.3, -0.25) is 19.3 Å². The predicted molar refractivity (Wildman–Crippen MR) is 216 cm³/mol. The van der Waals surface area contributed by atoms with Gasteiger partial charge < -0.3 is 31.0 Å². The molecule has 0 unspecified atom stereocenters. The minimum absolute atomic E-state index is 0.105. The van der Waals surface area contributed by atoms with E-state index in [9.17, 15) is 33.8 Å². The van der Waals surface area contributed by atoms with Crippen molar-refractivity contribution in [2.75, 3.05) is 22.9 Å². The molecule has 4 aromatic carbocycles. The molecule has 3 aliphatic heterocycles. The molecule has 0 spiro atoms. The minimum atomic E-state index is -1.38.